The number of ether oxygens (including phenoxy) is 1. The van der Waals surface area contributed by atoms with Crippen LogP contribution in [-0.4, -0.2) is 22.8 Å². The van der Waals surface area contributed by atoms with E-state index in [9.17, 15) is 0 Å². The SMILES string of the molecule is CNCc1ccc(-c2ccc(OC(C)(C)C)cc2)nn1. The molecule has 1 aromatic heterocycles. The van der Waals surface area contributed by atoms with Gasteiger partial charge in [0.25, 0.3) is 0 Å². The Balaban J connectivity index is 2.13. The Hall–Kier alpha value is -1.94. The van der Waals surface area contributed by atoms with Crippen LogP contribution in [0.4, 0.5) is 0 Å². The molecule has 1 aromatic carbocycles. The maximum Gasteiger partial charge on any atom is 0.120 e. The summed E-state index contributed by atoms with van der Waals surface area (Å²) in [5, 5.41) is 11.5. The lowest BCUT2D eigenvalue weighted by molar-refractivity contribution is 0.131. The number of benzene rings is 1. The van der Waals surface area contributed by atoms with Gasteiger partial charge < -0.3 is 10.1 Å². The Bertz CT molecular complexity index is 541. The fraction of sp³-hybridized carbons (Fsp3) is 0.375. The molecule has 0 bridgehead atoms. The predicted octanol–water partition coefficient (Wildman–Crippen LogP) is 3.04. The zero-order valence-electron chi connectivity index (χ0n) is 12.5. The highest BCUT2D eigenvalue weighted by Gasteiger charge is 2.11. The number of aromatic nitrogens is 2. The van der Waals surface area contributed by atoms with Crippen molar-refractivity contribution >= 4 is 0 Å². The van der Waals surface area contributed by atoms with Crippen molar-refractivity contribution in [2.24, 2.45) is 0 Å². The van der Waals surface area contributed by atoms with Crippen molar-refractivity contribution in [3.8, 4) is 17.0 Å². The van der Waals surface area contributed by atoms with Crippen LogP contribution in [0.1, 0.15) is 26.5 Å². The van der Waals surface area contributed by atoms with Crippen LogP contribution in [0.2, 0.25) is 0 Å². The summed E-state index contributed by atoms with van der Waals surface area (Å²) in [6, 6.07) is 11.9. The number of rotatable bonds is 4. The van der Waals surface area contributed by atoms with Crippen LogP contribution in [0.5, 0.6) is 5.75 Å². The molecule has 4 nitrogen and oxygen atoms in total. The minimum absolute atomic E-state index is 0.184. The molecule has 4 heteroatoms. The molecule has 0 spiro atoms. The summed E-state index contributed by atoms with van der Waals surface area (Å²) in [5.41, 5.74) is 2.65. The molecule has 0 aliphatic rings. The van der Waals surface area contributed by atoms with E-state index in [1.54, 1.807) is 0 Å². The lowest BCUT2D eigenvalue weighted by atomic mass is 10.1. The first-order chi connectivity index (χ1) is 9.48. The summed E-state index contributed by atoms with van der Waals surface area (Å²) < 4.78 is 5.80. The van der Waals surface area contributed by atoms with Crippen molar-refractivity contribution in [3.63, 3.8) is 0 Å². The van der Waals surface area contributed by atoms with Gasteiger partial charge in [-0.3, -0.25) is 0 Å². The van der Waals surface area contributed by atoms with Crippen molar-refractivity contribution in [3.05, 3.63) is 42.1 Å². The minimum atomic E-state index is -0.184. The first-order valence-electron chi connectivity index (χ1n) is 6.74. The van der Waals surface area contributed by atoms with Gasteiger partial charge >= 0.3 is 0 Å². The van der Waals surface area contributed by atoms with Crippen LogP contribution in [0.3, 0.4) is 0 Å². The number of nitrogens with zero attached hydrogens (tertiary/aromatic N) is 2. The molecule has 0 amide bonds. The van der Waals surface area contributed by atoms with Gasteiger partial charge in [0.1, 0.15) is 11.4 Å². The Labute approximate surface area is 120 Å². The molecule has 2 rings (SSSR count). The van der Waals surface area contributed by atoms with E-state index in [4.69, 9.17) is 4.74 Å². The molecule has 20 heavy (non-hydrogen) atoms. The smallest absolute Gasteiger partial charge is 0.120 e. The highest BCUT2D eigenvalue weighted by atomic mass is 16.5. The monoisotopic (exact) mass is 271 g/mol. The molecular weight excluding hydrogens is 250 g/mol. The predicted molar refractivity (Wildman–Crippen MR) is 80.6 cm³/mol. The van der Waals surface area contributed by atoms with Crippen molar-refractivity contribution in [2.75, 3.05) is 7.05 Å². The lowest BCUT2D eigenvalue weighted by Crippen LogP contribution is -2.22. The van der Waals surface area contributed by atoms with Gasteiger partial charge in [-0.2, -0.15) is 10.2 Å². The van der Waals surface area contributed by atoms with Crippen molar-refractivity contribution < 1.29 is 4.74 Å². The highest BCUT2D eigenvalue weighted by molar-refractivity contribution is 5.59. The third-order valence-electron chi connectivity index (χ3n) is 2.65. The van der Waals surface area contributed by atoms with Crippen LogP contribution >= 0.6 is 0 Å². The van der Waals surface area contributed by atoms with Gasteiger partial charge in [0.2, 0.25) is 0 Å². The molecule has 0 saturated carbocycles. The van der Waals surface area contributed by atoms with Gasteiger partial charge in [0.15, 0.2) is 0 Å². The Morgan fingerprint density at radius 2 is 1.70 bits per heavy atom. The van der Waals surface area contributed by atoms with E-state index < -0.39 is 0 Å². The Kier molecular flexibility index (Phi) is 4.35. The zero-order chi connectivity index (χ0) is 14.6. The van der Waals surface area contributed by atoms with Crippen LogP contribution in [0.25, 0.3) is 11.3 Å². The molecule has 0 atom stereocenters. The molecule has 0 saturated heterocycles. The molecule has 0 fully saturated rings. The lowest BCUT2D eigenvalue weighted by Gasteiger charge is -2.21. The second kappa shape index (κ2) is 6.01. The fourth-order valence-electron chi connectivity index (χ4n) is 1.84. The van der Waals surface area contributed by atoms with Gasteiger partial charge in [-0.15, -0.1) is 0 Å². The number of nitrogens with one attached hydrogen (secondary N) is 1. The second-order valence-electron chi connectivity index (χ2n) is 5.68. The largest absolute Gasteiger partial charge is 0.488 e. The molecule has 0 radical (unpaired) electrons. The minimum Gasteiger partial charge on any atom is -0.488 e. The van der Waals surface area contributed by atoms with Crippen molar-refractivity contribution in [2.45, 2.75) is 32.9 Å². The molecule has 106 valence electrons. The first-order valence-corrected chi connectivity index (χ1v) is 6.74. The number of hydrogen-bond donors (Lipinski definition) is 1. The Morgan fingerprint density at radius 3 is 2.20 bits per heavy atom. The highest BCUT2D eigenvalue weighted by Crippen LogP contribution is 2.23. The van der Waals surface area contributed by atoms with Crippen LogP contribution < -0.4 is 10.1 Å². The summed E-state index contributed by atoms with van der Waals surface area (Å²) in [4.78, 5) is 0. The second-order valence-corrected chi connectivity index (χ2v) is 5.68. The third-order valence-corrected chi connectivity index (χ3v) is 2.65. The van der Waals surface area contributed by atoms with Crippen LogP contribution in [-0.2, 0) is 6.54 Å². The van der Waals surface area contributed by atoms with E-state index >= 15 is 0 Å². The van der Waals surface area contributed by atoms with Gasteiger partial charge in [-0.1, -0.05) is 0 Å². The van der Waals surface area contributed by atoms with E-state index in [0.717, 1.165) is 29.2 Å². The standard InChI is InChI=1S/C16H21N3O/c1-16(2,3)20-14-8-5-12(6-9-14)15-10-7-13(11-17-4)18-19-15/h5-10,17H,11H2,1-4H3. The molecule has 0 aliphatic carbocycles. The summed E-state index contributed by atoms with van der Waals surface area (Å²) >= 11 is 0. The molecule has 0 unspecified atom stereocenters. The van der Waals surface area contributed by atoms with E-state index in [1.165, 1.54) is 0 Å². The molecule has 1 heterocycles. The van der Waals surface area contributed by atoms with E-state index in [1.807, 2.05) is 64.2 Å². The molecular formula is C16H21N3O. The number of hydrogen-bond acceptors (Lipinski definition) is 4. The summed E-state index contributed by atoms with van der Waals surface area (Å²) in [6.07, 6.45) is 0. The fourth-order valence-corrected chi connectivity index (χ4v) is 1.84. The third kappa shape index (κ3) is 4.03. The van der Waals surface area contributed by atoms with Crippen molar-refractivity contribution in [1.82, 2.24) is 15.5 Å². The van der Waals surface area contributed by atoms with E-state index in [0.29, 0.717) is 0 Å². The van der Waals surface area contributed by atoms with Crippen LogP contribution in [0, 0.1) is 0 Å². The average molecular weight is 271 g/mol. The summed E-state index contributed by atoms with van der Waals surface area (Å²) in [6.45, 7) is 6.83. The zero-order valence-corrected chi connectivity index (χ0v) is 12.5. The molecule has 1 N–H and O–H groups in total. The topological polar surface area (TPSA) is 47.0 Å². The van der Waals surface area contributed by atoms with E-state index in [-0.39, 0.29) is 5.60 Å². The molecule has 2 aromatic rings. The quantitative estimate of drug-likeness (QED) is 0.928. The van der Waals surface area contributed by atoms with E-state index in [2.05, 4.69) is 15.5 Å². The van der Waals surface area contributed by atoms with Gasteiger partial charge in [0, 0.05) is 12.1 Å². The van der Waals surface area contributed by atoms with Gasteiger partial charge in [0.05, 0.1) is 11.4 Å². The van der Waals surface area contributed by atoms with Gasteiger partial charge in [-0.25, -0.2) is 0 Å². The maximum absolute atomic E-state index is 5.80. The normalized spacial score (nSPS) is 11.4. The Morgan fingerprint density at radius 1 is 1.00 bits per heavy atom. The molecule has 0 aliphatic heterocycles. The van der Waals surface area contributed by atoms with Crippen LogP contribution in [0.15, 0.2) is 36.4 Å². The maximum atomic E-state index is 5.80. The summed E-state index contributed by atoms with van der Waals surface area (Å²) in [7, 11) is 1.89. The van der Waals surface area contributed by atoms with Crippen molar-refractivity contribution in [1.29, 1.82) is 0 Å². The average Bonchev–Trinajstić information content (AvgIpc) is 2.39. The summed E-state index contributed by atoms with van der Waals surface area (Å²) in [5.74, 6) is 0.862. The van der Waals surface area contributed by atoms with Gasteiger partial charge in [-0.05, 0) is 64.2 Å². The first kappa shape index (κ1) is 14.5.